The second-order valence-electron chi connectivity index (χ2n) is 3.86. The van der Waals surface area contributed by atoms with Gasteiger partial charge in [-0.2, -0.15) is 5.10 Å². The van der Waals surface area contributed by atoms with Gasteiger partial charge in [-0.1, -0.05) is 18.2 Å². The molecule has 4 heteroatoms. The predicted octanol–water partition coefficient (Wildman–Crippen LogP) is 1.87. The molecule has 0 aliphatic rings. The Bertz CT molecular complexity index is 493. The molecule has 1 aromatic heterocycles. The molecule has 0 saturated heterocycles. The van der Waals surface area contributed by atoms with Crippen molar-refractivity contribution in [1.29, 1.82) is 0 Å². The van der Waals surface area contributed by atoms with Gasteiger partial charge in [0.25, 0.3) is 0 Å². The van der Waals surface area contributed by atoms with Crippen LogP contribution in [0.25, 0.3) is 0 Å². The third kappa shape index (κ3) is 2.47. The van der Waals surface area contributed by atoms with Crippen molar-refractivity contribution in [2.24, 2.45) is 12.8 Å². The lowest BCUT2D eigenvalue weighted by atomic mass is 10.0. The van der Waals surface area contributed by atoms with Crippen LogP contribution in [-0.4, -0.2) is 16.4 Å². The maximum atomic E-state index is 6.20. The van der Waals surface area contributed by atoms with Crippen molar-refractivity contribution >= 4 is 0 Å². The van der Waals surface area contributed by atoms with Gasteiger partial charge in [0.05, 0.1) is 18.3 Å². The number of nitrogens with zero attached hydrogens (tertiary/aromatic N) is 2. The standard InChI is InChI=1S/C13H17N3O/c1-3-17-12-7-5-4-6-10(12)13(14)11-8-9-16(2)15-11/h4-9,13H,3,14H2,1-2H3. The van der Waals surface area contributed by atoms with Crippen molar-refractivity contribution in [3.63, 3.8) is 0 Å². The summed E-state index contributed by atoms with van der Waals surface area (Å²) in [6.07, 6.45) is 1.89. The summed E-state index contributed by atoms with van der Waals surface area (Å²) in [6, 6.07) is 9.48. The molecule has 0 amide bonds. The van der Waals surface area contributed by atoms with E-state index in [0.29, 0.717) is 6.61 Å². The molecule has 1 unspecified atom stereocenters. The number of benzene rings is 1. The van der Waals surface area contributed by atoms with Crippen LogP contribution in [0.3, 0.4) is 0 Å². The van der Waals surface area contributed by atoms with E-state index in [1.54, 1.807) is 4.68 Å². The Kier molecular flexibility index (Phi) is 3.44. The van der Waals surface area contributed by atoms with Gasteiger partial charge in [-0.3, -0.25) is 4.68 Å². The number of ether oxygens (including phenoxy) is 1. The molecule has 0 fully saturated rings. The summed E-state index contributed by atoms with van der Waals surface area (Å²) in [5, 5.41) is 4.32. The number of aryl methyl sites for hydroxylation is 1. The number of nitrogens with two attached hydrogens (primary N) is 1. The molecule has 1 heterocycles. The Morgan fingerprint density at radius 1 is 1.35 bits per heavy atom. The summed E-state index contributed by atoms with van der Waals surface area (Å²) >= 11 is 0. The average Bonchev–Trinajstić information content (AvgIpc) is 2.76. The van der Waals surface area contributed by atoms with E-state index in [2.05, 4.69) is 5.10 Å². The lowest BCUT2D eigenvalue weighted by Crippen LogP contribution is -2.14. The highest BCUT2D eigenvalue weighted by atomic mass is 16.5. The Hall–Kier alpha value is -1.81. The van der Waals surface area contributed by atoms with E-state index >= 15 is 0 Å². The summed E-state index contributed by atoms with van der Waals surface area (Å²) in [6.45, 7) is 2.59. The first-order valence-corrected chi connectivity index (χ1v) is 5.69. The van der Waals surface area contributed by atoms with Crippen LogP contribution < -0.4 is 10.5 Å². The van der Waals surface area contributed by atoms with Gasteiger partial charge in [0.2, 0.25) is 0 Å². The molecule has 2 aromatic rings. The monoisotopic (exact) mass is 231 g/mol. The molecule has 0 spiro atoms. The van der Waals surface area contributed by atoms with Crippen molar-refractivity contribution in [3.05, 3.63) is 47.8 Å². The summed E-state index contributed by atoms with van der Waals surface area (Å²) in [5.74, 6) is 0.827. The van der Waals surface area contributed by atoms with Gasteiger partial charge in [0.15, 0.2) is 0 Å². The minimum Gasteiger partial charge on any atom is -0.494 e. The van der Waals surface area contributed by atoms with E-state index in [9.17, 15) is 0 Å². The summed E-state index contributed by atoms with van der Waals surface area (Å²) in [7, 11) is 1.88. The van der Waals surface area contributed by atoms with E-state index in [4.69, 9.17) is 10.5 Å². The predicted molar refractivity (Wildman–Crippen MR) is 66.8 cm³/mol. The average molecular weight is 231 g/mol. The number of hydrogen-bond donors (Lipinski definition) is 1. The molecule has 17 heavy (non-hydrogen) atoms. The number of para-hydroxylation sites is 1. The molecule has 1 atom stereocenters. The van der Waals surface area contributed by atoms with Gasteiger partial charge in [0, 0.05) is 18.8 Å². The van der Waals surface area contributed by atoms with Crippen molar-refractivity contribution in [2.75, 3.05) is 6.61 Å². The number of rotatable bonds is 4. The Labute approximate surface area is 101 Å². The van der Waals surface area contributed by atoms with Crippen LogP contribution in [-0.2, 0) is 7.05 Å². The summed E-state index contributed by atoms with van der Waals surface area (Å²) in [4.78, 5) is 0. The highest BCUT2D eigenvalue weighted by Crippen LogP contribution is 2.27. The fourth-order valence-corrected chi connectivity index (χ4v) is 1.78. The van der Waals surface area contributed by atoms with Crippen LogP contribution in [0.4, 0.5) is 0 Å². The Morgan fingerprint density at radius 2 is 2.12 bits per heavy atom. The second kappa shape index (κ2) is 5.01. The summed E-state index contributed by atoms with van der Waals surface area (Å²) in [5.41, 5.74) is 8.02. The van der Waals surface area contributed by atoms with Crippen molar-refractivity contribution in [3.8, 4) is 5.75 Å². The van der Waals surface area contributed by atoms with Crippen molar-refractivity contribution < 1.29 is 4.74 Å². The minimum absolute atomic E-state index is 0.251. The van der Waals surface area contributed by atoms with E-state index in [-0.39, 0.29) is 6.04 Å². The van der Waals surface area contributed by atoms with Crippen LogP contribution in [0, 0.1) is 0 Å². The molecule has 90 valence electrons. The van der Waals surface area contributed by atoms with E-state index in [1.807, 2.05) is 50.5 Å². The molecule has 2 N–H and O–H groups in total. The van der Waals surface area contributed by atoms with Crippen LogP contribution in [0.15, 0.2) is 36.5 Å². The highest BCUT2D eigenvalue weighted by Gasteiger charge is 2.15. The van der Waals surface area contributed by atoms with E-state index < -0.39 is 0 Å². The van der Waals surface area contributed by atoms with Gasteiger partial charge in [0.1, 0.15) is 5.75 Å². The van der Waals surface area contributed by atoms with Crippen molar-refractivity contribution in [1.82, 2.24) is 9.78 Å². The minimum atomic E-state index is -0.251. The van der Waals surface area contributed by atoms with E-state index in [0.717, 1.165) is 17.0 Å². The van der Waals surface area contributed by atoms with Gasteiger partial charge in [-0.15, -0.1) is 0 Å². The summed E-state index contributed by atoms with van der Waals surface area (Å²) < 4.78 is 7.32. The molecular formula is C13H17N3O. The normalized spacial score (nSPS) is 12.4. The van der Waals surface area contributed by atoms with Crippen LogP contribution in [0.2, 0.25) is 0 Å². The zero-order valence-electron chi connectivity index (χ0n) is 10.1. The zero-order valence-corrected chi connectivity index (χ0v) is 10.1. The largest absolute Gasteiger partial charge is 0.494 e. The molecular weight excluding hydrogens is 214 g/mol. The molecule has 1 aromatic carbocycles. The Morgan fingerprint density at radius 3 is 2.76 bits per heavy atom. The second-order valence-corrected chi connectivity index (χ2v) is 3.86. The molecule has 0 radical (unpaired) electrons. The third-order valence-electron chi connectivity index (χ3n) is 2.61. The SMILES string of the molecule is CCOc1ccccc1C(N)c1ccn(C)n1. The van der Waals surface area contributed by atoms with Gasteiger partial charge in [-0.25, -0.2) is 0 Å². The molecule has 0 bridgehead atoms. The smallest absolute Gasteiger partial charge is 0.124 e. The topological polar surface area (TPSA) is 53.1 Å². The van der Waals surface area contributed by atoms with Crippen LogP contribution >= 0.6 is 0 Å². The third-order valence-corrected chi connectivity index (χ3v) is 2.61. The van der Waals surface area contributed by atoms with E-state index in [1.165, 1.54) is 0 Å². The lowest BCUT2D eigenvalue weighted by Gasteiger charge is -2.14. The molecule has 0 aliphatic carbocycles. The fraction of sp³-hybridized carbons (Fsp3) is 0.308. The maximum absolute atomic E-state index is 6.20. The first-order chi connectivity index (χ1) is 8.22. The maximum Gasteiger partial charge on any atom is 0.124 e. The molecule has 2 rings (SSSR count). The van der Waals surface area contributed by atoms with Crippen LogP contribution in [0.5, 0.6) is 5.75 Å². The molecule has 4 nitrogen and oxygen atoms in total. The van der Waals surface area contributed by atoms with Gasteiger partial charge >= 0.3 is 0 Å². The number of aromatic nitrogens is 2. The zero-order chi connectivity index (χ0) is 12.3. The van der Waals surface area contributed by atoms with Gasteiger partial charge in [-0.05, 0) is 19.1 Å². The first kappa shape index (κ1) is 11.7. The first-order valence-electron chi connectivity index (χ1n) is 5.69. The highest BCUT2D eigenvalue weighted by molar-refractivity contribution is 5.39. The molecule has 0 aliphatic heterocycles. The lowest BCUT2D eigenvalue weighted by molar-refractivity contribution is 0.335. The van der Waals surface area contributed by atoms with Gasteiger partial charge < -0.3 is 10.5 Å². The Balaban J connectivity index is 2.33. The quantitative estimate of drug-likeness (QED) is 0.874. The fourth-order valence-electron chi connectivity index (χ4n) is 1.78. The molecule has 0 saturated carbocycles. The van der Waals surface area contributed by atoms with Crippen molar-refractivity contribution in [2.45, 2.75) is 13.0 Å². The number of hydrogen-bond acceptors (Lipinski definition) is 3. The van der Waals surface area contributed by atoms with Crippen LogP contribution in [0.1, 0.15) is 24.2 Å².